The summed E-state index contributed by atoms with van der Waals surface area (Å²) in [5, 5.41) is 0. The first-order valence-corrected chi connectivity index (χ1v) is 8.61. The van der Waals surface area contributed by atoms with Crippen molar-refractivity contribution in [3.05, 3.63) is 46.3 Å². The maximum absolute atomic E-state index is 12.1. The van der Waals surface area contributed by atoms with E-state index in [9.17, 15) is 4.79 Å². The van der Waals surface area contributed by atoms with Crippen molar-refractivity contribution in [2.75, 3.05) is 18.1 Å². The normalized spacial score (nSPS) is 18.2. The first-order valence-electron chi connectivity index (χ1n) is 7.73. The fourth-order valence-electron chi connectivity index (χ4n) is 2.99. The third kappa shape index (κ3) is 2.99. The predicted molar refractivity (Wildman–Crippen MR) is 88.5 cm³/mol. The SMILES string of the molecule is CCOC(=O)c1scnc1N1CCCCC1c1ccccc1. The second-order valence-electron chi connectivity index (χ2n) is 5.34. The van der Waals surface area contributed by atoms with Crippen LogP contribution in [0.1, 0.15) is 47.5 Å². The Bertz CT molecular complexity index is 627. The summed E-state index contributed by atoms with van der Waals surface area (Å²) in [6.45, 7) is 3.14. The summed E-state index contributed by atoms with van der Waals surface area (Å²) in [4.78, 5) is 19.5. The van der Waals surface area contributed by atoms with Crippen LogP contribution in [0.15, 0.2) is 35.8 Å². The predicted octanol–water partition coefficient (Wildman–Crippen LogP) is 4.05. The summed E-state index contributed by atoms with van der Waals surface area (Å²) in [6, 6.07) is 10.7. The van der Waals surface area contributed by atoms with Gasteiger partial charge in [0.05, 0.1) is 18.2 Å². The molecule has 2 aromatic rings. The Balaban J connectivity index is 1.92. The van der Waals surface area contributed by atoms with Gasteiger partial charge in [-0.15, -0.1) is 11.3 Å². The lowest BCUT2D eigenvalue weighted by Crippen LogP contribution is -2.34. The summed E-state index contributed by atoms with van der Waals surface area (Å²) >= 11 is 1.36. The molecule has 3 rings (SSSR count). The van der Waals surface area contributed by atoms with Gasteiger partial charge in [0.15, 0.2) is 10.7 Å². The van der Waals surface area contributed by atoms with Gasteiger partial charge in [0.2, 0.25) is 0 Å². The van der Waals surface area contributed by atoms with Crippen LogP contribution in [0.25, 0.3) is 0 Å². The number of esters is 1. The van der Waals surface area contributed by atoms with Crippen LogP contribution in [0, 0.1) is 0 Å². The molecule has 1 aromatic carbocycles. The number of carbonyl (C=O) groups excluding carboxylic acids is 1. The molecular weight excluding hydrogens is 296 g/mol. The molecule has 0 N–H and O–H groups in total. The van der Waals surface area contributed by atoms with Gasteiger partial charge >= 0.3 is 5.97 Å². The zero-order valence-corrected chi connectivity index (χ0v) is 13.5. The van der Waals surface area contributed by atoms with Crippen LogP contribution in [-0.4, -0.2) is 24.1 Å². The Morgan fingerprint density at radius 2 is 2.18 bits per heavy atom. The van der Waals surface area contributed by atoms with Crippen LogP contribution in [0.3, 0.4) is 0 Å². The number of piperidine rings is 1. The highest BCUT2D eigenvalue weighted by atomic mass is 32.1. The average molecular weight is 316 g/mol. The molecule has 0 amide bonds. The molecule has 0 spiro atoms. The zero-order valence-electron chi connectivity index (χ0n) is 12.7. The van der Waals surface area contributed by atoms with Crippen molar-refractivity contribution >= 4 is 23.1 Å². The number of hydrogen-bond donors (Lipinski definition) is 0. The quantitative estimate of drug-likeness (QED) is 0.798. The Morgan fingerprint density at radius 3 is 2.95 bits per heavy atom. The summed E-state index contributed by atoms with van der Waals surface area (Å²) < 4.78 is 5.16. The van der Waals surface area contributed by atoms with E-state index in [0.717, 1.165) is 25.2 Å². The number of hydrogen-bond acceptors (Lipinski definition) is 5. The molecule has 5 heteroatoms. The van der Waals surface area contributed by atoms with Crippen LogP contribution in [-0.2, 0) is 4.74 Å². The lowest BCUT2D eigenvalue weighted by atomic mass is 9.95. The van der Waals surface area contributed by atoms with E-state index in [0.29, 0.717) is 11.5 Å². The van der Waals surface area contributed by atoms with Gasteiger partial charge in [-0.2, -0.15) is 0 Å². The maximum atomic E-state index is 12.1. The number of thiazole rings is 1. The Labute approximate surface area is 134 Å². The number of nitrogens with zero attached hydrogens (tertiary/aromatic N) is 2. The molecule has 1 saturated heterocycles. The smallest absolute Gasteiger partial charge is 0.352 e. The third-order valence-electron chi connectivity index (χ3n) is 3.97. The summed E-state index contributed by atoms with van der Waals surface area (Å²) in [6.07, 6.45) is 3.42. The molecule has 1 aliphatic rings. The van der Waals surface area contributed by atoms with E-state index < -0.39 is 0 Å². The number of ether oxygens (including phenoxy) is 1. The molecule has 1 fully saturated rings. The Morgan fingerprint density at radius 1 is 1.36 bits per heavy atom. The van der Waals surface area contributed by atoms with Crippen LogP contribution >= 0.6 is 11.3 Å². The molecule has 1 atom stereocenters. The molecule has 0 bridgehead atoms. The fraction of sp³-hybridized carbons (Fsp3) is 0.412. The molecule has 1 aromatic heterocycles. The van der Waals surface area contributed by atoms with Crippen LogP contribution in [0.2, 0.25) is 0 Å². The minimum absolute atomic E-state index is 0.266. The van der Waals surface area contributed by atoms with Crippen molar-refractivity contribution in [1.82, 2.24) is 4.98 Å². The lowest BCUT2D eigenvalue weighted by Gasteiger charge is -2.36. The third-order valence-corrected chi connectivity index (χ3v) is 4.76. The monoisotopic (exact) mass is 316 g/mol. The number of rotatable bonds is 4. The van der Waals surface area contributed by atoms with Gasteiger partial charge in [0.25, 0.3) is 0 Å². The first-order chi connectivity index (χ1) is 10.8. The topological polar surface area (TPSA) is 42.4 Å². The van der Waals surface area contributed by atoms with E-state index in [1.54, 1.807) is 5.51 Å². The van der Waals surface area contributed by atoms with Crippen molar-refractivity contribution in [2.24, 2.45) is 0 Å². The van der Waals surface area contributed by atoms with Crippen LogP contribution in [0.4, 0.5) is 5.82 Å². The molecule has 2 heterocycles. The minimum Gasteiger partial charge on any atom is -0.462 e. The van der Waals surface area contributed by atoms with Crippen LogP contribution < -0.4 is 4.90 Å². The zero-order chi connectivity index (χ0) is 15.4. The first kappa shape index (κ1) is 15.0. The van der Waals surface area contributed by atoms with Gasteiger partial charge in [0, 0.05) is 6.54 Å². The van der Waals surface area contributed by atoms with E-state index >= 15 is 0 Å². The average Bonchev–Trinajstić information content (AvgIpc) is 3.05. The van der Waals surface area contributed by atoms with Crippen molar-refractivity contribution in [2.45, 2.75) is 32.2 Å². The van der Waals surface area contributed by atoms with Crippen molar-refractivity contribution < 1.29 is 9.53 Å². The van der Waals surface area contributed by atoms with Gasteiger partial charge in [-0.25, -0.2) is 9.78 Å². The Kier molecular flexibility index (Phi) is 4.73. The summed E-state index contributed by atoms with van der Waals surface area (Å²) in [7, 11) is 0. The highest BCUT2D eigenvalue weighted by Crippen LogP contribution is 2.37. The van der Waals surface area contributed by atoms with Crippen LogP contribution in [0.5, 0.6) is 0 Å². The highest BCUT2D eigenvalue weighted by Gasteiger charge is 2.29. The van der Waals surface area contributed by atoms with Gasteiger partial charge in [0.1, 0.15) is 0 Å². The number of benzene rings is 1. The standard InChI is InChI=1S/C17H20N2O2S/c1-2-21-17(20)15-16(18-12-22-15)19-11-7-6-10-14(19)13-8-4-3-5-9-13/h3-5,8-9,12,14H,2,6-7,10-11H2,1H3. The number of carbonyl (C=O) groups is 1. The molecule has 0 radical (unpaired) electrons. The van der Waals surface area contributed by atoms with E-state index in [-0.39, 0.29) is 12.0 Å². The van der Waals surface area contributed by atoms with Gasteiger partial charge in [-0.05, 0) is 31.7 Å². The molecule has 0 aliphatic carbocycles. The molecule has 1 aliphatic heterocycles. The second-order valence-corrected chi connectivity index (χ2v) is 6.20. The Hall–Kier alpha value is -1.88. The largest absolute Gasteiger partial charge is 0.462 e. The van der Waals surface area contributed by atoms with E-state index in [2.05, 4.69) is 34.1 Å². The van der Waals surface area contributed by atoms with E-state index in [1.807, 2.05) is 13.0 Å². The molecule has 1 unspecified atom stereocenters. The summed E-state index contributed by atoms with van der Waals surface area (Å²) in [5.74, 6) is 0.509. The van der Waals surface area contributed by atoms with Gasteiger partial charge in [-0.3, -0.25) is 0 Å². The van der Waals surface area contributed by atoms with E-state index in [4.69, 9.17) is 4.74 Å². The molecular formula is C17H20N2O2S. The second kappa shape index (κ2) is 6.92. The van der Waals surface area contributed by atoms with Crippen molar-refractivity contribution in [1.29, 1.82) is 0 Å². The van der Waals surface area contributed by atoms with Gasteiger partial charge in [-0.1, -0.05) is 30.3 Å². The molecule has 22 heavy (non-hydrogen) atoms. The van der Waals surface area contributed by atoms with E-state index in [1.165, 1.54) is 23.3 Å². The van der Waals surface area contributed by atoms with Crippen molar-refractivity contribution in [3.8, 4) is 0 Å². The number of anilines is 1. The lowest BCUT2D eigenvalue weighted by molar-refractivity contribution is 0.0532. The minimum atomic E-state index is -0.266. The molecule has 4 nitrogen and oxygen atoms in total. The van der Waals surface area contributed by atoms with Gasteiger partial charge < -0.3 is 9.64 Å². The fourth-order valence-corrected chi connectivity index (χ4v) is 3.68. The molecule has 116 valence electrons. The number of aromatic nitrogens is 1. The molecule has 0 saturated carbocycles. The highest BCUT2D eigenvalue weighted by molar-refractivity contribution is 7.12. The summed E-state index contributed by atoms with van der Waals surface area (Å²) in [5.41, 5.74) is 3.02. The van der Waals surface area contributed by atoms with Crippen molar-refractivity contribution in [3.63, 3.8) is 0 Å². The maximum Gasteiger partial charge on any atom is 0.352 e.